The molecule has 0 bridgehead atoms. The van der Waals surface area contributed by atoms with Crippen LogP contribution in [0, 0.1) is 23.1 Å². The van der Waals surface area contributed by atoms with Gasteiger partial charge in [-0.1, -0.05) is 44.2 Å². The minimum Gasteiger partial charge on any atom is -0.347 e. The number of thioether (sulfide) groups is 1. The van der Waals surface area contributed by atoms with E-state index in [2.05, 4.69) is 26.6 Å². The molecule has 4 rings (SSSR count). The van der Waals surface area contributed by atoms with Crippen LogP contribution in [0.5, 0.6) is 0 Å². The Hall–Kier alpha value is -4.97. The number of nitrogens with zero attached hydrogens (tertiary/aromatic N) is 2. The zero-order valence-electron chi connectivity index (χ0n) is 28.3. The van der Waals surface area contributed by atoms with E-state index in [1.165, 1.54) is 29.7 Å². The second kappa shape index (κ2) is 17.1. The van der Waals surface area contributed by atoms with Gasteiger partial charge in [0.25, 0.3) is 5.91 Å². The summed E-state index contributed by atoms with van der Waals surface area (Å²) in [6, 6.07) is 7.96. The van der Waals surface area contributed by atoms with Crippen LogP contribution in [-0.2, 0) is 24.0 Å². The normalized spacial score (nSPS) is 25.1. The van der Waals surface area contributed by atoms with Crippen molar-refractivity contribution in [2.24, 2.45) is 5.92 Å². The van der Waals surface area contributed by atoms with Crippen LogP contribution in [0.1, 0.15) is 67.6 Å². The molecule has 5 N–H and O–H groups in total. The van der Waals surface area contributed by atoms with Crippen molar-refractivity contribution in [2.45, 2.75) is 76.3 Å². The second-order valence-electron chi connectivity index (χ2n) is 12.8. The molecule has 266 valence electrons. The summed E-state index contributed by atoms with van der Waals surface area (Å²) in [5.74, 6) is -4.30. The van der Waals surface area contributed by atoms with Crippen LogP contribution in [0.15, 0.2) is 48.5 Å². The molecule has 2 saturated heterocycles. The standard InChI is InChI=1S/C35H42FN7O6S/c1-19(2)30-35(49)43-18-25(39-32(46)23-12-21(17-37)13-24(36)14-23)15-28(43)34(48)38-20(3)31(45)41-27(22-8-6-5-7-9-22)16-29(44)40-26(10-11-50-4)33(47)42-30/h5-9,12-14,19-20,25-28,30H,10-11,15-16,18H2,1-4H3,(H,38,48)(H,39,46)(H,40,44)(H,41,45)(H,42,47)/t20-,25-,26-,27-,28-,30-/m0/s1. The van der Waals surface area contributed by atoms with Gasteiger partial charge in [0.15, 0.2) is 0 Å². The first-order valence-electron chi connectivity index (χ1n) is 16.4. The number of carbonyl (C=O) groups excluding carboxylic acids is 6. The lowest BCUT2D eigenvalue weighted by molar-refractivity contribution is -0.143. The molecule has 2 heterocycles. The number of nitriles is 1. The molecule has 0 aromatic heterocycles. The first-order valence-corrected chi connectivity index (χ1v) is 17.8. The summed E-state index contributed by atoms with van der Waals surface area (Å²) in [4.78, 5) is 82.9. The Bertz CT molecular complexity index is 1650. The number of hydrogen-bond donors (Lipinski definition) is 5. The summed E-state index contributed by atoms with van der Waals surface area (Å²) in [6.07, 6.45) is 1.90. The SMILES string of the molecule is CSCC[C@@H]1NC(=O)C[C@@H](c2ccccc2)NC(=O)[C@H](C)NC(=O)[C@@H]2C[C@H](NC(=O)c3cc(F)cc(C#N)c3)CN2C(=O)[C@H](C(C)C)NC1=O. The van der Waals surface area contributed by atoms with Crippen molar-refractivity contribution < 1.29 is 33.2 Å². The maximum absolute atomic E-state index is 14.2. The van der Waals surface area contributed by atoms with Crippen molar-refractivity contribution in [2.75, 3.05) is 18.6 Å². The zero-order valence-corrected chi connectivity index (χ0v) is 29.1. The highest BCUT2D eigenvalue weighted by molar-refractivity contribution is 7.98. The second-order valence-corrected chi connectivity index (χ2v) is 13.8. The smallest absolute Gasteiger partial charge is 0.251 e. The molecule has 2 fully saturated rings. The van der Waals surface area contributed by atoms with Gasteiger partial charge in [0, 0.05) is 18.2 Å². The van der Waals surface area contributed by atoms with Crippen molar-refractivity contribution in [3.8, 4) is 6.07 Å². The third-order valence-corrected chi connectivity index (χ3v) is 9.31. The first-order chi connectivity index (χ1) is 23.8. The minimum atomic E-state index is -1.15. The highest BCUT2D eigenvalue weighted by Crippen LogP contribution is 2.23. The molecule has 0 spiro atoms. The summed E-state index contributed by atoms with van der Waals surface area (Å²) in [5.41, 5.74) is 0.484. The van der Waals surface area contributed by atoms with Crippen LogP contribution in [0.2, 0.25) is 0 Å². The summed E-state index contributed by atoms with van der Waals surface area (Å²) in [7, 11) is 0. The minimum absolute atomic E-state index is 0.0458. The van der Waals surface area contributed by atoms with Crippen LogP contribution >= 0.6 is 11.8 Å². The highest BCUT2D eigenvalue weighted by Gasteiger charge is 2.44. The molecule has 6 amide bonds. The molecule has 0 unspecified atom stereocenters. The van der Waals surface area contributed by atoms with Gasteiger partial charge in [-0.15, -0.1) is 0 Å². The summed E-state index contributed by atoms with van der Waals surface area (Å²) >= 11 is 1.48. The Morgan fingerprint density at radius 2 is 1.74 bits per heavy atom. The van der Waals surface area contributed by atoms with Crippen molar-refractivity contribution in [3.05, 3.63) is 71.0 Å². The quantitative estimate of drug-likeness (QED) is 0.287. The number of rotatable bonds is 7. The van der Waals surface area contributed by atoms with E-state index in [1.54, 1.807) is 50.2 Å². The lowest BCUT2D eigenvalue weighted by Crippen LogP contribution is -2.59. The van der Waals surface area contributed by atoms with Gasteiger partial charge in [0.1, 0.15) is 30.0 Å². The lowest BCUT2D eigenvalue weighted by atomic mass is 10.0. The molecule has 2 aliphatic rings. The fraction of sp³-hybridized carbons (Fsp3) is 0.457. The van der Waals surface area contributed by atoms with Crippen LogP contribution in [0.4, 0.5) is 4.39 Å². The van der Waals surface area contributed by atoms with Crippen molar-refractivity contribution in [1.82, 2.24) is 31.5 Å². The molecule has 15 heteroatoms. The summed E-state index contributed by atoms with van der Waals surface area (Å²) < 4.78 is 14.1. The topological polar surface area (TPSA) is 190 Å². The molecule has 6 atom stereocenters. The van der Waals surface area contributed by atoms with Gasteiger partial charge in [-0.25, -0.2) is 4.39 Å². The van der Waals surface area contributed by atoms with Crippen LogP contribution < -0.4 is 26.6 Å². The molecule has 2 aliphatic heterocycles. The van der Waals surface area contributed by atoms with Gasteiger partial charge in [0.2, 0.25) is 29.5 Å². The van der Waals surface area contributed by atoms with E-state index in [0.717, 1.165) is 12.1 Å². The molecule has 13 nitrogen and oxygen atoms in total. The predicted octanol–water partition coefficient (Wildman–Crippen LogP) is 1.54. The van der Waals surface area contributed by atoms with E-state index in [9.17, 15) is 38.4 Å². The Morgan fingerprint density at radius 3 is 2.40 bits per heavy atom. The number of carbonyl (C=O) groups is 6. The van der Waals surface area contributed by atoms with Crippen LogP contribution in [-0.4, -0.2) is 89.1 Å². The molecule has 2 aromatic carbocycles. The van der Waals surface area contributed by atoms with E-state index in [4.69, 9.17) is 0 Å². The third-order valence-electron chi connectivity index (χ3n) is 8.66. The molecule has 0 saturated carbocycles. The third kappa shape index (κ3) is 9.59. The van der Waals surface area contributed by atoms with Crippen molar-refractivity contribution >= 4 is 47.2 Å². The average Bonchev–Trinajstić information content (AvgIpc) is 3.51. The Kier molecular flexibility index (Phi) is 12.9. The summed E-state index contributed by atoms with van der Waals surface area (Å²) in [5, 5.41) is 23.0. The lowest BCUT2D eigenvalue weighted by Gasteiger charge is -2.32. The van der Waals surface area contributed by atoms with E-state index in [1.807, 2.05) is 6.26 Å². The Balaban J connectivity index is 1.68. The monoisotopic (exact) mass is 707 g/mol. The van der Waals surface area contributed by atoms with Gasteiger partial charge in [-0.2, -0.15) is 17.0 Å². The van der Waals surface area contributed by atoms with Gasteiger partial charge in [-0.05, 0) is 61.5 Å². The van der Waals surface area contributed by atoms with Crippen molar-refractivity contribution in [1.29, 1.82) is 5.26 Å². The molecule has 50 heavy (non-hydrogen) atoms. The van der Waals surface area contributed by atoms with Gasteiger partial charge >= 0.3 is 0 Å². The number of nitrogens with one attached hydrogen (secondary N) is 5. The van der Waals surface area contributed by atoms with E-state index >= 15 is 0 Å². The number of fused-ring (bicyclic) bond motifs is 1. The molecule has 0 radical (unpaired) electrons. The molecule has 2 aromatic rings. The van der Waals surface area contributed by atoms with Gasteiger partial charge in [0.05, 0.1) is 24.1 Å². The van der Waals surface area contributed by atoms with Crippen LogP contribution in [0.3, 0.4) is 0 Å². The first kappa shape index (κ1) is 37.8. The largest absolute Gasteiger partial charge is 0.347 e. The van der Waals surface area contributed by atoms with Crippen molar-refractivity contribution in [3.63, 3.8) is 0 Å². The number of halogens is 1. The van der Waals surface area contributed by atoms with Gasteiger partial charge < -0.3 is 31.5 Å². The summed E-state index contributed by atoms with van der Waals surface area (Å²) in [6.45, 7) is 4.81. The number of amides is 6. The number of benzene rings is 2. The van der Waals surface area contributed by atoms with E-state index < -0.39 is 83.4 Å². The Labute approximate surface area is 294 Å². The fourth-order valence-corrected chi connectivity index (χ4v) is 6.46. The Morgan fingerprint density at radius 1 is 1.02 bits per heavy atom. The van der Waals surface area contributed by atoms with E-state index in [-0.39, 0.29) is 36.9 Å². The highest BCUT2D eigenvalue weighted by atomic mass is 32.2. The van der Waals surface area contributed by atoms with Gasteiger partial charge in [-0.3, -0.25) is 28.8 Å². The van der Waals surface area contributed by atoms with E-state index in [0.29, 0.717) is 11.3 Å². The molecular formula is C35H42FN7O6S. The number of hydrogen-bond acceptors (Lipinski definition) is 8. The zero-order chi connectivity index (χ0) is 36.5. The maximum Gasteiger partial charge on any atom is 0.251 e. The molecule has 0 aliphatic carbocycles. The van der Waals surface area contributed by atoms with Crippen LogP contribution in [0.25, 0.3) is 0 Å². The fourth-order valence-electron chi connectivity index (χ4n) is 5.99. The molecular weight excluding hydrogens is 665 g/mol. The maximum atomic E-state index is 14.2. The average molecular weight is 708 g/mol. The predicted molar refractivity (Wildman–Crippen MR) is 184 cm³/mol.